The Kier molecular flexibility index (Phi) is 14.7. The molecule has 3 aromatic carbocycles. The molecule has 292 valence electrons. The number of nitrogens with one attached hydrogen (secondary N) is 1. The summed E-state index contributed by atoms with van der Waals surface area (Å²) >= 11 is 13.1. The predicted molar refractivity (Wildman–Crippen MR) is 205 cm³/mol. The molecule has 0 radical (unpaired) electrons. The zero-order valence-electron chi connectivity index (χ0n) is 30.5. The van der Waals surface area contributed by atoms with Gasteiger partial charge in [-0.05, 0) is 84.0 Å². The van der Waals surface area contributed by atoms with E-state index in [0.717, 1.165) is 35.1 Å². The van der Waals surface area contributed by atoms with Crippen LogP contribution in [0.4, 0.5) is 13.6 Å². The molecule has 1 saturated carbocycles. The average molecular weight is 799 g/mol. The van der Waals surface area contributed by atoms with Crippen molar-refractivity contribution in [2.24, 2.45) is 5.92 Å². The maximum atomic E-state index is 14.1. The van der Waals surface area contributed by atoms with Crippen LogP contribution in [0.25, 0.3) is 11.1 Å². The smallest absolute Gasteiger partial charge is 0.407 e. The fraction of sp³-hybridized carbons (Fsp3) is 0.357. The summed E-state index contributed by atoms with van der Waals surface area (Å²) in [6.45, 7) is 3.88. The maximum Gasteiger partial charge on any atom is 0.407 e. The van der Waals surface area contributed by atoms with Gasteiger partial charge in [-0.3, -0.25) is 4.79 Å². The van der Waals surface area contributed by atoms with Crippen LogP contribution < -0.4 is 14.8 Å². The van der Waals surface area contributed by atoms with E-state index in [-0.39, 0.29) is 60.0 Å². The second-order valence-corrected chi connectivity index (χ2v) is 14.0. The number of carbonyl (C=O) groups is 3. The molecule has 5 rings (SSSR count). The van der Waals surface area contributed by atoms with E-state index in [9.17, 15) is 23.2 Å². The van der Waals surface area contributed by atoms with Gasteiger partial charge in [0.15, 0.2) is 11.5 Å². The minimum Gasteiger partial charge on any atom is -0.489 e. The van der Waals surface area contributed by atoms with E-state index >= 15 is 0 Å². The number of amides is 1. The van der Waals surface area contributed by atoms with E-state index in [1.165, 1.54) is 31.2 Å². The van der Waals surface area contributed by atoms with E-state index < -0.39 is 36.8 Å². The first kappa shape index (κ1) is 41.3. The van der Waals surface area contributed by atoms with Crippen molar-refractivity contribution in [2.75, 3.05) is 19.8 Å². The van der Waals surface area contributed by atoms with Gasteiger partial charge in [0.25, 0.3) is 0 Å². The van der Waals surface area contributed by atoms with Crippen LogP contribution >= 0.6 is 23.2 Å². The lowest BCUT2D eigenvalue weighted by molar-refractivity contribution is -0.152. The molecule has 0 unspecified atom stereocenters. The largest absolute Gasteiger partial charge is 0.489 e. The molecule has 1 fully saturated rings. The molecule has 13 heteroatoms. The average Bonchev–Trinajstić information content (AvgIpc) is 3.96. The molecular formula is C42H43Cl2F2NO8. The molecule has 0 aromatic heterocycles. The van der Waals surface area contributed by atoms with Gasteiger partial charge in [0.05, 0.1) is 13.2 Å². The molecule has 0 heterocycles. The molecule has 2 atom stereocenters. The second-order valence-electron chi connectivity index (χ2n) is 13.1. The van der Waals surface area contributed by atoms with Crippen LogP contribution in [0.3, 0.4) is 0 Å². The van der Waals surface area contributed by atoms with Crippen molar-refractivity contribution in [2.45, 2.75) is 70.6 Å². The van der Waals surface area contributed by atoms with Crippen LogP contribution in [0.5, 0.6) is 11.5 Å². The number of fused-ring (bicyclic) bond motifs is 3. The third-order valence-electron chi connectivity index (χ3n) is 9.25. The van der Waals surface area contributed by atoms with Crippen LogP contribution in [0.2, 0.25) is 0 Å². The molecule has 1 N–H and O–H groups in total. The highest BCUT2D eigenvalue weighted by atomic mass is 35.5. The van der Waals surface area contributed by atoms with E-state index in [4.69, 9.17) is 46.9 Å². The van der Waals surface area contributed by atoms with E-state index in [0.29, 0.717) is 23.7 Å². The number of hydrogen-bond acceptors (Lipinski definition) is 8. The molecule has 0 bridgehead atoms. The van der Waals surface area contributed by atoms with Crippen LogP contribution in [-0.4, -0.2) is 50.5 Å². The molecule has 2 aliphatic rings. The summed E-state index contributed by atoms with van der Waals surface area (Å²) in [6.07, 6.45) is 3.09. The SMILES string of the molecule is C=C/C(Cl)=C(C[C@H](OC(=O)[C@@H](CCCOC(C)=O)NC(=O)OCC1c2ccccc2-c2ccccc21)c1ccc(OC(F)F)c(OCC2CC2)c1)\C(Cl)=C/C. The van der Waals surface area contributed by atoms with Crippen LogP contribution in [0.15, 0.2) is 101 Å². The number of halogens is 4. The van der Waals surface area contributed by atoms with Crippen molar-refractivity contribution in [3.05, 3.63) is 118 Å². The summed E-state index contributed by atoms with van der Waals surface area (Å²) in [5, 5.41) is 3.10. The van der Waals surface area contributed by atoms with Gasteiger partial charge < -0.3 is 29.0 Å². The van der Waals surface area contributed by atoms with E-state index in [1.807, 2.05) is 48.5 Å². The van der Waals surface area contributed by atoms with E-state index in [2.05, 4.69) is 11.9 Å². The molecule has 0 spiro atoms. The number of ether oxygens (including phenoxy) is 5. The minimum absolute atomic E-state index is 0.00439. The van der Waals surface area contributed by atoms with Crippen molar-refractivity contribution < 1.29 is 46.8 Å². The highest BCUT2D eigenvalue weighted by Gasteiger charge is 2.32. The molecule has 55 heavy (non-hydrogen) atoms. The molecule has 0 saturated heterocycles. The van der Waals surface area contributed by atoms with Crippen molar-refractivity contribution in [1.82, 2.24) is 5.32 Å². The Bertz CT molecular complexity index is 1880. The van der Waals surface area contributed by atoms with Crippen LogP contribution in [0, 0.1) is 5.92 Å². The zero-order chi connectivity index (χ0) is 39.5. The number of rotatable bonds is 19. The molecule has 3 aromatic rings. The molecule has 1 amide bonds. The van der Waals surface area contributed by atoms with Gasteiger partial charge in [-0.15, -0.1) is 0 Å². The van der Waals surface area contributed by atoms with Gasteiger partial charge in [0, 0.05) is 29.3 Å². The maximum absolute atomic E-state index is 14.1. The fourth-order valence-electron chi connectivity index (χ4n) is 6.30. The van der Waals surface area contributed by atoms with Crippen molar-refractivity contribution in [3.8, 4) is 22.6 Å². The van der Waals surface area contributed by atoms with Gasteiger partial charge in [-0.25, -0.2) is 9.59 Å². The lowest BCUT2D eigenvalue weighted by atomic mass is 9.98. The van der Waals surface area contributed by atoms with Gasteiger partial charge >= 0.3 is 24.6 Å². The first-order valence-corrected chi connectivity index (χ1v) is 18.7. The Hall–Kier alpha value is -4.87. The van der Waals surface area contributed by atoms with Gasteiger partial charge in [-0.1, -0.05) is 96.5 Å². The number of esters is 2. The first-order chi connectivity index (χ1) is 26.5. The standard InChI is InChI=1S/C42H43Cl2F2NO8/c1-4-34(43)32(35(44)5-2)22-38(27-18-19-37(55-41(45)46)39(21-27)52-23-26-16-17-26)54-40(49)36(15-10-20-51-25(3)48)47-42(50)53-24-33-30-13-8-6-11-28(30)29-12-7-9-14-31(29)33/h4-9,11-14,18-19,21,26,33,36,38,41H,1,10,15-17,20,22-24H2,2-3H3,(H,47,50)/b34-32+,35-5+/t36-,38+/m1/s1. The minimum atomic E-state index is -3.10. The Labute approximate surface area is 329 Å². The summed E-state index contributed by atoms with van der Waals surface area (Å²) in [5.74, 6) is -1.42. The summed E-state index contributed by atoms with van der Waals surface area (Å²) in [7, 11) is 0. The number of carbonyl (C=O) groups excluding carboxylic acids is 3. The quantitative estimate of drug-likeness (QED) is 0.0553. The van der Waals surface area contributed by atoms with Gasteiger partial charge in [0.2, 0.25) is 0 Å². The highest BCUT2D eigenvalue weighted by molar-refractivity contribution is 6.36. The predicted octanol–water partition coefficient (Wildman–Crippen LogP) is 10.1. The highest BCUT2D eigenvalue weighted by Crippen LogP contribution is 2.45. The molecular weight excluding hydrogens is 755 g/mol. The monoisotopic (exact) mass is 797 g/mol. The zero-order valence-corrected chi connectivity index (χ0v) is 32.0. The number of hydrogen-bond donors (Lipinski definition) is 1. The van der Waals surface area contributed by atoms with E-state index in [1.54, 1.807) is 13.0 Å². The topological polar surface area (TPSA) is 109 Å². The molecule has 0 aliphatic heterocycles. The van der Waals surface area contributed by atoms with Gasteiger partial charge in [-0.2, -0.15) is 8.78 Å². The Balaban J connectivity index is 1.40. The normalized spacial score (nSPS) is 15.2. The van der Waals surface area contributed by atoms with Crippen molar-refractivity contribution in [1.29, 1.82) is 0 Å². The number of allylic oxidation sites excluding steroid dienone is 4. The second kappa shape index (κ2) is 19.6. The summed E-state index contributed by atoms with van der Waals surface area (Å²) < 4.78 is 54.2. The van der Waals surface area contributed by atoms with Crippen molar-refractivity contribution >= 4 is 41.2 Å². The number of alkyl carbamates (subject to hydrolysis) is 1. The third-order valence-corrected chi connectivity index (χ3v) is 10.1. The fourth-order valence-corrected chi connectivity index (χ4v) is 6.71. The third kappa shape index (κ3) is 11.3. The lowest BCUT2D eigenvalue weighted by Crippen LogP contribution is -2.43. The van der Waals surface area contributed by atoms with Gasteiger partial charge in [0.1, 0.15) is 18.8 Å². The van der Waals surface area contributed by atoms with Crippen molar-refractivity contribution in [3.63, 3.8) is 0 Å². The molecule has 9 nitrogen and oxygen atoms in total. The Morgan fingerprint density at radius 1 is 0.945 bits per heavy atom. The Morgan fingerprint density at radius 2 is 1.62 bits per heavy atom. The lowest BCUT2D eigenvalue weighted by Gasteiger charge is -2.25. The first-order valence-electron chi connectivity index (χ1n) is 18.0. The summed E-state index contributed by atoms with van der Waals surface area (Å²) in [4.78, 5) is 38.9. The van der Waals surface area contributed by atoms with Crippen LogP contribution in [-0.2, 0) is 23.8 Å². The number of alkyl halides is 2. The summed E-state index contributed by atoms with van der Waals surface area (Å²) in [6, 6.07) is 18.8. The van der Waals surface area contributed by atoms with Crippen LogP contribution in [0.1, 0.15) is 74.7 Å². The number of benzene rings is 3. The summed E-state index contributed by atoms with van der Waals surface area (Å²) in [5.41, 5.74) is 4.90. The molecule has 2 aliphatic carbocycles. The Morgan fingerprint density at radius 3 is 2.22 bits per heavy atom.